The van der Waals surface area contributed by atoms with Gasteiger partial charge in [0.05, 0.1) is 25.3 Å². The first kappa shape index (κ1) is 15.8. The van der Waals surface area contributed by atoms with Crippen LogP contribution >= 0.6 is 0 Å². The summed E-state index contributed by atoms with van der Waals surface area (Å²) in [6.45, 7) is 0. The van der Waals surface area contributed by atoms with Crippen molar-refractivity contribution < 1.29 is 14.3 Å². The Hall–Kier alpha value is -2.66. The van der Waals surface area contributed by atoms with Crippen LogP contribution in [0.2, 0.25) is 0 Å². The first-order chi connectivity index (χ1) is 12.2. The van der Waals surface area contributed by atoms with E-state index >= 15 is 0 Å². The second-order valence-corrected chi connectivity index (χ2v) is 6.57. The van der Waals surface area contributed by atoms with Gasteiger partial charge in [-0.2, -0.15) is 0 Å². The number of nitrogens with zero attached hydrogens (tertiary/aromatic N) is 1. The molecule has 5 nitrogen and oxygen atoms in total. The van der Waals surface area contributed by atoms with E-state index in [4.69, 9.17) is 4.74 Å². The van der Waals surface area contributed by atoms with Crippen LogP contribution in [0.25, 0.3) is 0 Å². The first-order valence-corrected chi connectivity index (χ1v) is 8.49. The Kier molecular flexibility index (Phi) is 4.01. The fraction of sp³-hybridized carbons (Fsp3) is 0.300. The smallest absolute Gasteiger partial charge is 0.251 e. The normalized spacial score (nSPS) is 20.2. The molecule has 0 aromatic heterocycles. The summed E-state index contributed by atoms with van der Waals surface area (Å²) < 4.78 is 5.19. The number of benzene rings is 2. The van der Waals surface area contributed by atoms with Gasteiger partial charge in [0.2, 0.25) is 5.91 Å². The molecule has 0 saturated carbocycles. The van der Waals surface area contributed by atoms with E-state index < -0.39 is 6.04 Å². The molecule has 1 N–H and O–H groups in total. The van der Waals surface area contributed by atoms with Crippen molar-refractivity contribution in [2.45, 2.75) is 31.3 Å². The summed E-state index contributed by atoms with van der Waals surface area (Å²) in [6, 6.07) is 15.1. The number of hydrogen-bond acceptors (Lipinski definition) is 4. The van der Waals surface area contributed by atoms with Crippen LogP contribution in [0.4, 0.5) is 5.69 Å². The molecule has 2 amide bonds. The van der Waals surface area contributed by atoms with E-state index in [9.17, 15) is 9.59 Å². The Labute approximate surface area is 146 Å². The Bertz CT molecular complexity index is 808. The monoisotopic (exact) mass is 336 g/mol. The number of hydrogen-bond donors (Lipinski definition) is 1. The van der Waals surface area contributed by atoms with Crippen LogP contribution in [0.3, 0.4) is 0 Å². The van der Waals surface area contributed by atoms with Crippen molar-refractivity contribution >= 4 is 17.5 Å². The lowest BCUT2D eigenvalue weighted by molar-refractivity contribution is -0.121. The molecule has 1 aliphatic heterocycles. The largest absolute Gasteiger partial charge is 0.497 e. The van der Waals surface area contributed by atoms with Gasteiger partial charge < -0.3 is 10.1 Å². The van der Waals surface area contributed by atoms with E-state index in [-0.39, 0.29) is 24.3 Å². The van der Waals surface area contributed by atoms with Crippen molar-refractivity contribution in [3.05, 3.63) is 59.7 Å². The van der Waals surface area contributed by atoms with E-state index in [1.54, 1.807) is 31.4 Å². The molecule has 2 aromatic carbocycles. The van der Waals surface area contributed by atoms with E-state index in [0.717, 1.165) is 12.8 Å². The van der Waals surface area contributed by atoms with Gasteiger partial charge in [-0.15, -0.1) is 0 Å². The molecular formula is C20H20N2O3. The minimum atomic E-state index is -0.460. The summed E-state index contributed by atoms with van der Waals surface area (Å²) in [6.07, 6.45) is 1.99. The van der Waals surface area contributed by atoms with Crippen LogP contribution in [0.15, 0.2) is 48.5 Å². The van der Waals surface area contributed by atoms with E-state index in [2.05, 4.69) is 17.4 Å². The number of rotatable bonds is 4. The molecule has 5 heteroatoms. The van der Waals surface area contributed by atoms with Gasteiger partial charge >= 0.3 is 0 Å². The minimum absolute atomic E-state index is 0.175. The SMILES string of the molecule is COc1cccc(N2C(=O)CC(NC3Cc4ccccc4C3)C2=O)c1. The first-order valence-electron chi connectivity index (χ1n) is 8.49. The van der Waals surface area contributed by atoms with Gasteiger partial charge in [0.15, 0.2) is 0 Å². The average Bonchev–Trinajstić information content (AvgIpc) is 3.15. The quantitative estimate of drug-likeness (QED) is 0.869. The second-order valence-electron chi connectivity index (χ2n) is 6.57. The highest BCUT2D eigenvalue weighted by atomic mass is 16.5. The predicted octanol–water partition coefficient (Wildman–Crippen LogP) is 2.08. The summed E-state index contributed by atoms with van der Waals surface area (Å²) in [5.74, 6) is 0.265. The standard InChI is InChI=1S/C20H20N2O3/c1-25-17-8-4-7-16(11-17)22-19(23)12-18(20(22)24)21-15-9-13-5-2-3-6-14(13)10-15/h2-8,11,15,18,21H,9-10,12H2,1H3. The molecule has 1 heterocycles. The van der Waals surface area contributed by atoms with Crippen LogP contribution in [-0.2, 0) is 22.4 Å². The zero-order valence-corrected chi connectivity index (χ0v) is 14.1. The number of fused-ring (bicyclic) bond motifs is 1. The van der Waals surface area contributed by atoms with Crippen LogP contribution in [0.1, 0.15) is 17.5 Å². The predicted molar refractivity (Wildman–Crippen MR) is 94.7 cm³/mol. The van der Waals surface area contributed by atoms with Crippen molar-refractivity contribution in [2.75, 3.05) is 12.0 Å². The number of imide groups is 1. The Morgan fingerprint density at radius 1 is 1.00 bits per heavy atom. The summed E-state index contributed by atoms with van der Waals surface area (Å²) in [7, 11) is 1.56. The number of carbonyl (C=O) groups excluding carboxylic acids is 2. The van der Waals surface area contributed by atoms with Gasteiger partial charge in [-0.25, -0.2) is 4.90 Å². The molecule has 0 bridgehead atoms. The third-order valence-electron chi connectivity index (χ3n) is 4.95. The summed E-state index contributed by atoms with van der Waals surface area (Å²) >= 11 is 0. The summed E-state index contributed by atoms with van der Waals surface area (Å²) in [5, 5.41) is 3.39. The molecule has 1 fully saturated rings. The molecule has 1 unspecified atom stereocenters. The Balaban J connectivity index is 1.48. The Morgan fingerprint density at radius 2 is 1.72 bits per heavy atom. The lowest BCUT2D eigenvalue weighted by atomic mass is 10.1. The maximum absolute atomic E-state index is 12.8. The molecule has 1 saturated heterocycles. The fourth-order valence-electron chi connectivity index (χ4n) is 3.74. The number of anilines is 1. The van der Waals surface area contributed by atoms with Gasteiger partial charge in [-0.3, -0.25) is 9.59 Å². The topological polar surface area (TPSA) is 58.6 Å². The van der Waals surface area contributed by atoms with Gasteiger partial charge in [0.25, 0.3) is 5.91 Å². The molecule has 2 aliphatic rings. The van der Waals surface area contributed by atoms with Gasteiger partial charge in [-0.1, -0.05) is 30.3 Å². The van der Waals surface area contributed by atoms with Crippen molar-refractivity contribution in [3.8, 4) is 5.75 Å². The summed E-state index contributed by atoms with van der Waals surface area (Å²) in [4.78, 5) is 26.5. The third-order valence-corrected chi connectivity index (χ3v) is 4.95. The van der Waals surface area contributed by atoms with Crippen molar-refractivity contribution in [1.29, 1.82) is 0 Å². The molecule has 1 atom stereocenters. The molecule has 25 heavy (non-hydrogen) atoms. The van der Waals surface area contributed by atoms with Gasteiger partial charge in [0.1, 0.15) is 5.75 Å². The molecular weight excluding hydrogens is 316 g/mol. The van der Waals surface area contributed by atoms with E-state index in [1.165, 1.54) is 16.0 Å². The molecule has 1 aliphatic carbocycles. The molecule has 4 rings (SSSR count). The zero-order chi connectivity index (χ0) is 17.4. The molecule has 128 valence electrons. The Morgan fingerprint density at radius 3 is 2.40 bits per heavy atom. The number of methoxy groups -OCH3 is 1. The minimum Gasteiger partial charge on any atom is -0.497 e. The maximum Gasteiger partial charge on any atom is 0.251 e. The number of ether oxygens (including phenoxy) is 1. The van der Waals surface area contributed by atoms with Gasteiger partial charge in [-0.05, 0) is 36.1 Å². The molecule has 0 spiro atoms. The highest BCUT2D eigenvalue weighted by molar-refractivity contribution is 6.22. The maximum atomic E-state index is 12.8. The fourth-order valence-corrected chi connectivity index (χ4v) is 3.74. The highest BCUT2D eigenvalue weighted by Crippen LogP contribution is 2.28. The van der Waals surface area contributed by atoms with Crippen LogP contribution < -0.4 is 15.0 Å². The number of carbonyl (C=O) groups is 2. The number of amides is 2. The lowest BCUT2D eigenvalue weighted by Gasteiger charge is -2.18. The van der Waals surface area contributed by atoms with E-state index in [1.807, 2.05) is 12.1 Å². The summed E-state index contributed by atoms with van der Waals surface area (Å²) in [5.41, 5.74) is 3.20. The van der Waals surface area contributed by atoms with E-state index in [0.29, 0.717) is 11.4 Å². The molecule has 0 radical (unpaired) electrons. The van der Waals surface area contributed by atoms with Crippen molar-refractivity contribution in [2.24, 2.45) is 0 Å². The van der Waals surface area contributed by atoms with Crippen LogP contribution in [-0.4, -0.2) is 31.0 Å². The number of nitrogens with one attached hydrogen (secondary N) is 1. The lowest BCUT2D eigenvalue weighted by Crippen LogP contribution is -2.44. The van der Waals surface area contributed by atoms with Gasteiger partial charge in [0, 0.05) is 12.1 Å². The van der Waals surface area contributed by atoms with Crippen molar-refractivity contribution in [1.82, 2.24) is 5.32 Å². The van der Waals surface area contributed by atoms with Crippen LogP contribution in [0.5, 0.6) is 5.75 Å². The van der Waals surface area contributed by atoms with Crippen LogP contribution in [0, 0.1) is 0 Å². The zero-order valence-electron chi connectivity index (χ0n) is 14.1. The van der Waals surface area contributed by atoms with Crippen molar-refractivity contribution in [3.63, 3.8) is 0 Å². The molecule has 2 aromatic rings. The highest BCUT2D eigenvalue weighted by Gasteiger charge is 2.41. The average molecular weight is 336 g/mol. The second kappa shape index (κ2) is 6.33. The third kappa shape index (κ3) is 2.91.